The highest BCUT2D eigenvalue weighted by Crippen LogP contribution is 2.21. The Hall–Kier alpha value is -1.89. The predicted molar refractivity (Wildman–Crippen MR) is 77.1 cm³/mol. The lowest BCUT2D eigenvalue weighted by Crippen LogP contribution is -2.31. The van der Waals surface area contributed by atoms with Crippen LogP contribution in [-0.2, 0) is 19.5 Å². The molecule has 0 aliphatic carbocycles. The van der Waals surface area contributed by atoms with Crippen LogP contribution >= 0.6 is 0 Å². The molecule has 7 heteroatoms. The van der Waals surface area contributed by atoms with Crippen LogP contribution < -0.4 is 5.32 Å². The number of rotatable bonds is 7. The summed E-state index contributed by atoms with van der Waals surface area (Å²) >= 11 is 0. The Morgan fingerprint density at radius 2 is 1.95 bits per heavy atom. The van der Waals surface area contributed by atoms with E-state index in [2.05, 4.69) is 15.5 Å². The van der Waals surface area contributed by atoms with E-state index < -0.39 is 18.6 Å². The third-order valence-corrected chi connectivity index (χ3v) is 3.33. The largest absolute Gasteiger partial charge is 0.390 e. The highest BCUT2D eigenvalue weighted by molar-refractivity contribution is 5.14. The number of halogens is 3. The number of aromatic nitrogens is 3. The van der Waals surface area contributed by atoms with Crippen LogP contribution in [0, 0.1) is 0 Å². The fraction of sp³-hybridized carbons (Fsp3) is 0.467. The van der Waals surface area contributed by atoms with Gasteiger partial charge in [-0.25, -0.2) is 0 Å². The maximum absolute atomic E-state index is 12.3. The summed E-state index contributed by atoms with van der Waals surface area (Å²) in [5, 5.41) is 10.6. The molecular weight excluding hydrogens is 293 g/mol. The molecule has 0 radical (unpaired) electrons. The second-order valence-electron chi connectivity index (χ2n) is 5.28. The number of hydrogen-bond acceptors (Lipinski definition) is 3. The summed E-state index contributed by atoms with van der Waals surface area (Å²) in [5.74, 6) is 0.643. The van der Waals surface area contributed by atoms with E-state index >= 15 is 0 Å². The minimum Gasteiger partial charge on any atom is -0.316 e. The van der Waals surface area contributed by atoms with Crippen LogP contribution in [0.3, 0.4) is 0 Å². The molecule has 1 heterocycles. The smallest absolute Gasteiger partial charge is 0.316 e. The highest BCUT2D eigenvalue weighted by Gasteiger charge is 2.29. The molecular formula is C15H19F3N4. The molecule has 0 spiro atoms. The van der Waals surface area contributed by atoms with E-state index in [1.54, 1.807) is 6.33 Å². The third kappa shape index (κ3) is 5.48. The number of alkyl halides is 3. The van der Waals surface area contributed by atoms with E-state index in [1.165, 1.54) is 12.5 Å². The molecule has 0 saturated heterocycles. The minimum absolute atomic E-state index is 0.270. The summed E-state index contributed by atoms with van der Waals surface area (Å²) in [5.41, 5.74) is 1.19. The maximum Gasteiger partial charge on any atom is 0.390 e. The van der Waals surface area contributed by atoms with Crippen LogP contribution in [-0.4, -0.2) is 27.0 Å². The first-order chi connectivity index (χ1) is 10.4. The van der Waals surface area contributed by atoms with Gasteiger partial charge >= 0.3 is 6.18 Å². The molecule has 1 atom stereocenters. The molecule has 0 saturated carbocycles. The molecule has 0 fully saturated rings. The SMILES string of the molecule is CC(CC(F)(F)F)NCc1nncn1CCc1ccccc1. The van der Waals surface area contributed by atoms with Crippen molar-refractivity contribution in [2.45, 2.75) is 45.1 Å². The minimum atomic E-state index is -4.16. The third-order valence-electron chi connectivity index (χ3n) is 3.33. The molecule has 2 aromatic rings. The zero-order valence-corrected chi connectivity index (χ0v) is 12.3. The van der Waals surface area contributed by atoms with Crippen molar-refractivity contribution >= 4 is 0 Å². The van der Waals surface area contributed by atoms with Gasteiger partial charge in [0.2, 0.25) is 0 Å². The molecule has 1 unspecified atom stereocenters. The number of nitrogens with one attached hydrogen (secondary N) is 1. The van der Waals surface area contributed by atoms with Crippen molar-refractivity contribution in [3.8, 4) is 0 Å². The van der Waals surface area contributed by atoms with Crippen LogP contribution in [0.4, 0.5) is 13.2 Å². The van der Waals surface area contributed by atoms with Crippen LogP contribution in [0.1, 0.15) is 24.7 Å². The Balaban J connectivity index is 1.84. The van der Waals surface area contributed by atoms with Crippen molar-refractivity contribution in [1.82, 2.24) is 20.1 Å². The van der Waals surface area contributed by atoms with E-state index in [1.807, 2.05) is 34.9 Å². The van der Waals surface area contributed by atoms with Crippen molar-refractivity contribution in [1.29, 1.82) is 0 Å². The average molecular weight is 312 g/mol. The summed E-state index contributed by atoms with van der Waals surface area (Å²) in [6.07, 6.45) is -2.59. The van der Waals surface area contributed by atoms with Crippen molar-refractivity contribution in [2.24, 2.45) is 0 Å². The molecule has 0 aliphatic rings. The van der Waals surface area contributed by atoms with Crippen LogP contribution in [0.15, 0.2) is 36.7 Å². The lowest BCUT2D eigenvalue weighted by atomic mass is 10.1. The predicted octanol–water partition coefficient (Wildman–Crippen LogP) is 2.95. The molecule has 22 heavy (non-hydrogen) atoms. The van der Waals surface area contributed by atoms with E-state index in [-0.39, 0.29) is 6.54 Å². The van der Waals surface area contributed by atoms with Gasteiger partial charge in [-0.2, -0.15) is 13.2 Å². The molecule has 0 aliphatic heterocycles. The van der Waals surface area contributed by atoms with Crippen LogP contribution in [0.2, 0.25) is 0 Å². The number of hydrogen-bond donors (Lipinski definition) is 1. The number of nitrogens with zero attached hydrogens (tertiary/aromatic N) is 3. The van der Waals surface area contributed by atoms with Gasteiger partial charge in [-0.05, 0) is 18.9 Å². The zero-order valence-electron chi connectivity index (χ0n) is 12.3. The van der Waals surface area contributed by atoms with E-state index in [0.29, 0.717) is 12.4 Å². The molecule has 1 aromatic carbocycles. The Kier molecular flexibility index (Phi) is 5.54. The van der Waals surface area contributed by atoms with E-state index in [9.17, 15) is 13.2 Å². The molecule has 0 bridgehead atoms. The summed E-state index contributed by atoms with van der Waals surface area (Å²) in [4.78, 5) is 0. The summed E-state index contributed by atoms with van der Waals surface area (Å²) in [7, 11) is 0. The lowest BCUT2D eigenvalue weighted by molar-refractivity contribution is -0.139. The first-order valence-electron chi connectivity index (χ1n) is 7.15. The van der Waals surface area contributed by atoms with Crippen molar-refractivity contribution in [3.05, 3.63) is 48.0 Å². The van der Waals surface area contributed by atoms with Gasteiger partial charge in [-0.1, -0.05) is 30.3 Å². The second-order valence-corrected chi connectivity index (χ2v) is 5.28. The number of aryl methyl sites for hydroxylation is 2. The Morgan fingerprint density at radius 1 is 1.23 bits per heavy atom. The second kappa shape index (κ2) is 7.40. The summed E-state index contributed by atoms with van der Waals surface area (Å²) in [6.45, 7) is 2.48. The maximum atomic E-state index is 12.3. The van der Waals surface area contributed by atoms with Gasteiger partial charge < -0.3 is 9.88 Å². The molecule has 4 nitrogen and oxygen atoms in total. The Labute approximate surface area is 127 Å². The summed E-state index contributed by atoms with van der Waals surface area (Å²) < 4.78 is 38.7. The van der Waals surface area contributed by atoms with Crippen LogP contribution in [0.5, 0.6) is 0 Å². The molecule has 120 valence electrons. The monoisotopic (exact) mass is 312 g/mol. The van der Waals surface area contributed by atoms with Crippen molar-refractivity contribution in [3.63, 3.8) is 0 Å². The summed E-state index contributed by atoms with van der Waals surface area (Å²) in [6, 6.07) is 9.33. The normalized spacial score (nSPS) is 13.3. The van der Waals surface area contributed by atoms with Gasteiger partial charge in [0.1, 0.15) is 12.2 Å². The zero-order chi connectivity index (χ0) is 16.0. The number of benzene rings is 1. The van der Waals surface area contributed by atoms with Gasteiger partial charge in [0.25, 0.3) is 0 Å². The average Bonchev–Trinajstić information content (AvgIpc) is 2.90. The van der Waals surface area contributed by atoms with Gasteiger partial charge in [-0.3, -0.25) is 0 Å². The first kappa shape index (κ1) is 16.5. The van der Waals surface area contributed by atoms with E-state index in [4.69, 9.17) is 0 Å². The Morgan fingerprint density at radius 3 is 2.64 bits per heavy atom. The van der Waals surface area contributed by atoms with Gasteiger partial charge in [-0.15, -0.1) is 10.2 Å². The quantitative estimate of drug-likeness (QED) is 0.855. The van der Waals surface area contributed by atoms with Gasteiger partial charge in [0.05, 0.1) is 13.0 Å². The van der Waals surface area contributed by atoms with E-state index in [0.717, 1.165) is 6.42 Å². The topological polar surface area (TPSA) is 42.7 Å². The van der Waals surface area contributed by atoms with Gasteiger partial charge in [0, 0.05) is 12.6 Å². The Bertz CT molecular complexity index is 566. The van der Waals surface area contributed by atoms with Gasteiger partial charge in [0.15, 0.2) is 0 Å². The molecule has 1 N–H and O–H groups in total. The fourth-order valence-corrected chi connectivity index (χ4v) is 2.18. The highest BCUT2D eigenvalue weighted by atomic mass is 19.4. The molecule has 0 amide bonds. The standard InChI is InChI=1S/C15H19F3N4/c1-12(9-15(16,17)18)19-10-14-21-20-11-22(14)8-7-13-5-3-2-4-6-13/h2-6,11-12,19H,7-10H2,1H3. The lowest BCUT2D eigenvalue weighted by Gasteiger charge is -2.15. The molecule has 1 aromatic heterocycles. The molecule has 2 rings (SSSR count). The first-order valence-corrected chi connectivity index (χ1v) is 7.15. The van der Waals surface area contributed by atoms with Crippen molar-refractivity contribution < 1.29 is 13.2 Å². The fourth-order valence-electron chi connectivity index (χ4n) is 2.18. The van der Waals surface area contributed by atoms with Crippen LogP contribution in [0.25, 0.3) is 0 Å². The van der Waals surface area contributed by atoms with Crippen molar-refractivity contribution in [2.75, 3.05) is 0 Å².